The van der Waals surface area contributed by atoms with E-state index in [0.29, 0.717) is 24.5 Å². The van der Waals surface area contributed by atoms with Crippen molar-refractivity contribution in [3.8, 4) is 5.69 Å². The summed E-state index contributed by atoms with van der Waals surface area (Å²) in [6.45, 7) is 5.72. The summed E-state index contributed by atoms with van der Waals surface area (Å²) in [5.74, 6) is 1.96. The molecule has 9 heteroatoms. The van der Waals surface area contributed by atoms with E-state index in [1.54, 1.807) is 6.20 Å². The predicted molar refractivity (Wildman–Crippen MR) is 135 cm³/mol. The van der Waals surface area contributed by atoms with Gasteiger partial charge >= 0.3 is 0 Å². The Hall–Kier alpha value is -3.46. The predicted octanol–water partition coefficient (Wildman–Crippen LogP) is 4.13. The molecule has 0 aliphatic heterocycles. The lowest BCUT2D eigenvalue weighted by atomic mass is 9.86. The van der Waals surface area contributed by atoms with E-state index in [-0.39, 0.29) is 6.04 Å². The topological polar surface area (TPSA) is 112 Å². The average Bonchev–Trinajstić information content (AvgIpc) is 3.53. The Kier molecular flexibility index (Phi) is 6.44. The third-order valence-corrected chi connectivity index (χ3v) is 6.61. The highest BCUT2D eigenvalue weighted by atomic mass is 15.3. The first kappa shape index (κ1) is 22.3. The van der Waals surface area contributed by atoms with E-state index < -0.39 is 0 Å². The molecule has 1 saturated carbocycles. The van der Waals surface area contributed by atoms with E-state index in [9.17, 15) is 0 Å². The second-order valence-electron chi connectivity index (χ2n) is 9.41. The molecule has 0 radical (unpaired) electrons. The standard InChI is InChI=1S/C25H33N9/c1-17(2)33-16-29-22-23(27-15-19-6-3-4-7-21(19)34-13-5-12-30-34)31-25(32-24(22)33)28-14-18-8-10-20(26)11-9-18/h3-7,12-13,16-18,20H,8-11,14-15,26H2,1-2H3,(H2,27,28,31,32). The quantitative estimate of drug-likeness (QED) is 0.363. The van der Waals surface area contributed by atoms with Gasteiger partial charge in [0, 0.05) is 37.6 Å². The zero-order valence-corrected chi connectivity index (χ0v) is 19.9. The smallest absolute Gasteiger partial charge is 0.226 e. The molecule has 178 valence electrons. The van der Waals surface area contributed by atoms with Crippen LogP contribution >= 0.6 is 0 Å². The Labute approximate surface area is 199 Å². The van der Waals surface area contributed by atoms with Crippen molar-refractivity contribution in [3.05, 3.63) is 54.6 Å². The van der Waals surface area contributed by atoms with Crippen molar-refractivity contribution in [1.29, 1.82) is 0 Å². The van der Waals surface area contributed by atoms with Crippen molar-refractivity contribution in [2.45, 2.75) is 58.2 Å². The van der Waals surface area contributed by atoms with Gasteiger partial charge in [-0.05, 0) is 63.1 Å². The fraction of sp³-hybridized carbons (Fsp3) is 0.440. The number of aromatic nitrogens is 6. The first-order valence-electron chi connectivity index (χ1n) is 12.1. The molecule has 9 nitrogen and oxygen atoms in total. The molecule has 0 atom stereocenters. The van der Waals surface area contributed by atoms with Crippen LogP contribution in [0, 0.1) is 5.92 Å². The van der Waals surface area contributed by atoms with E-state index in [2.05, 4.69) is 51.3 Å². The Morgan fingerprint density at radius 3 is 2.65 bits per heavy atom. The number of nitrogens with one attached hydrogen (secondary N) is 2. The number of para-hydroxylation sites is 1. The molecular formula is C25H33N9. The largest absolute Gasteiger partial charge is 0.364 e. The van der Waals surface area contributed by atoms with Crippen LogP contribution in [0.25, 0.3) is 16.9 Å². The number of hydrogen-bond donors (Lipinski definition) is 3. The van der Waals surface area contributed by atoms with Crippen LogP contribution in [0.15, 0.2) is 49.1 Å². The van der Waals surface area contributed by atoms with Gasteiger partial charge in [0.1, 0.15) is 0 Å². The molecule has 3 heterocycles. The van der Waals surface area contributed by atoms with Gasteiger partial charge in [-0.15, -0.1) is 0 Å². The first-order valence-corrected chi connectivity index (χ1v) is 12.1. The number of nitrogens with two attached hydrogens (primary N) is 1. The van der Waals surface area contributed by atoms with Crippen LogP contribution in [0.3, 0.4) is 0 Å². The van der Waals surface area contributed by atoms with E-state index in [0.717, 1.165) is 60.5 Å². The van der Waals surface area contributed by atoms with Crippen LogP contribution in [0.4, 0.5) is 11.8 Å². The van der Waals surface area contributed by atoms with Crippen molar-refractivity contribution in [2.75, 3.05) is 17.2 Å². The minimum Gasteiger partial charge on any atom is -0.364 e. The Balaban J connectivity index is 1.40. The lowest BCUT2D eigenvalue weighted by molar-refractivity contribution is 0.338. The second kappa shape index (κ2) is 9.80. The van der Waals surface area contributed by atoms with E-state index in [4.69, 9.17) is 15.7 Å². The summed E-state index contributed by atoms with van der Waals surface area (Å²) >= 11 is 0. The van der Waals surface area contributed by atoms with Crippen LogP contribution < -0.4 is 16.4 Å². The maximum absolute atomic E-state index is 6.07. The van der Waals surface area contributed by atoms with Crippen LogP contribution in [0.2, 0.25) is 0 Å². The van der Waals surface area contributed by atoms with Crippen LogP contribution in [-0.4, -0.2) is 41.9 Å². The summed E-state index contributed by atoms with van der Waals surface area (Å²) in [5, 5.41) is 11.4. The molecule has 34 heavy (non-hydrogen) atoms. The van der Waals surface area contributed by atoms with Crippen molar-refractivity contribution >= 4 is 22.9 Å². The lowest BCUT2D eigenvalue weighted by Gasteiger charge is -2.26. The molecule has 1 aliphatic carbocycles. The van der Waals surface area contributed by atoms with Gasteiger partial charge < -0.3 is 20.9 Å². The van der Waals surface area contributed by atoms with Crippen molar-refractivity contribution in [2.24, 2.45) is 11.7 Å². The van der Waals surface area contributed by atoms with E-state index in [1.807, 2.05) is 35.4 Å². The summed E-state index contributed by atoms with van der Waals surface area (Å²) < 4.78 is 3.97. The molecule has 3 aromatic heterocycles. The molecule has 4 N–H and O–H groups in total. The maximum atomic E-state index is 6.07. The van der Waals surface area contributed by atoms with Crippen LogP contribution in [-0.2, 0) is 6.54 Å². The van der Waals surface area contributed by atoms with Gasteiger partial charge in [-0.2, -0.15) is 15.1 Å². The van der Waals surface area contributed by atoms with Crippen LogP contribution in [0.5, 0.6) is 0 Å². The molecule has 0 spiro atoms. The zero-order chi connectivity index (χ0) is 23.5. The van der Waals surface area contributed by atoms with Gasteiger partial charge in [0.2, 0.25) is 5.95 Å². The number of anilines is 2. The number of imidazole rings is 1. The highest BCUT2D eigenvalue weighted by Gasteiger charge is 2.20. The minimum absolute atomic E-state index is 0.251. The number of hydrogen-bond acceptors (Lipinski definition) is 7. The van der Waals surface area contributed by atoms with Gasteiger partial charge in [0.15, 0.2) is 17.0 Å². The maximum Gasteiger partial charge on any atom is 0.226 e. The van der Waals surface area contributed by atoms with Gasteiger partial charge in [0.05, 0.1) is 12.0 Å². The molecule has 4 aromatic rings. The fourth-order valence-corrected chi connectivity index (χ4v) is 4.60. The first-order chi connectivity index (χ1) is 16.6. The molecule has 1 aromatic carbocycles. The summed E-state index contributed by atoms with van der Waals surface area (Å²) in [6, 6.07) is 10.8. The zero-order valence-electron chi connectivity index (χ0n) is 19.9. The Morgan fingerprint density at radius 2 is 1.88 bits per heavy atom. The molecule has 0 amide bonds. The van der Waals surface area contributed by atoms with Gasteiger partial charge in [0.25, 0.3) is 0 Å². The fourth-order valence-electron chi connectivity index (χ4n) is 4.60. The van der Waals surface area contributed by atoms with E-state index >= 15 is 0 Å². The number of fused-ring (bicyclic) bond motifs is 1. The summed E-state index contributed by atoms with van der Waals surface area (Å²) in [6.07, 6.45) is 10.1. The Bertz CT molecular complexity index is 1220. The van der Waals surface area contributed by atoms with E-state index in [1.165, 1.54) is 0 Å². The van der Waals surface area contributed by atoms with Crippen molar-refractivity contribution in [1.82, 2.24) is 29.3 Å². The van der Waals surface area contributed by atoms with Gasteiger partial charge in [-0.1, -0.05) is 18.2 Å². The Morgan fingerprint density at radius 1 is 1.06 bits per heavy atom. The summed E-state index contributed by atoms with van der Waals surface area (Å²) in [4.78, 5) is 14.3. The molecule has 0 bridgehead atoms. The third kappa shape index (κ3) is 4.75. The molecule has 1 fully saturated rings. The monoisotopic (exact) mass is 459 g/mol. The minimum atomic E-state index is 0.251. The second-order valence-corrected chi connectivity index (χ2v) is 9.41. The summed E-state index contributed by atoms with van der Waals surface area (Å²) in [5.41, 5.74) is 9.84. The molecular weight excluding hydrogens is 426 g/mol. The van der Waals surface area contributed by atoms with Crippen molar-refractivity contribution in [3.63, 3.8) is 0 Å². The van der Waals surface area contributed by atoms with Crippen molar-refractivity contribution < 1.29 is 0 Å². The van der Waals surface area contributed by atoms with Gasteiger partial charge in [-0.25, -0.2) is 9.67 Å². The normalized spacial score (nSPS) is 18.5. The SMILES string of the molecule is CC(C)n1cnc2c(NCc3ccccc3-n3cccn3)nc(NCC3CCC(N)CC3)nc21. The molecule has 5 rings (SSSR count). The third-order valence-electron chi connectivity index (χ3n) is 6.61. The molecule has 1 aliphatic rings. The van der Waals surface area contributed by atoms with Crippen LogP contribution in [0.1, 0.15) is 51.1 Å². The summed E-state index contributed by atoms with van der Waals surface area (Å²) in [7, 11) is 0. The molecule has 0 saturated heterocycles. The number of benzene rings is 1. The van der Waals surface area contributed by atoms with Gasteiger partial charge in [-0.3, -0.25) is 0 Å². The number of nitrogens with zero attached hydrogens (tertiary/aromatic N) is 6. The average molecular weight is 460 g/mol. The lowest BCUT2D eigenvalue weighted by Crippen LogP contribution is -2.29. The molecule has 0 unspecified atom stereocenters. The number of rotatable bonds is 8. The highest BCUT2D eigenvalue weighted by molar-refractivity contribution is 5.84. The highest BCUT2D eigenvalue weighted by Crippen LogP contribution is 2.26.